The molecule has 0 radical (unpaired) electrons. The molecule has 0 bridgehead atoms. The van der Waals surface area contributed by atoms with E-state index in [1.54, 1.807) is 44.2 Å². The summed E-state index contributed by atoms with van der Waals surface area (Å²) >= 11 is 6.14. The smallest absolute Gasteiger partial charge is 0.265 e. The van der Waals surface area contributed by atoms with Crippen molar-refractivity contribution >= 4 is 39.0 Å². The lowest BCUT2D eigenvalue weighted by Crippen LogP contribution is -2.31. The Morgan fingerprint density at radius 1 is 1.09 bits per heavy atom. The molecule has 2 aromatic carbocycles. The van der Waals surface area contributed by atoms with Crippen LogP contribution in [0.1, 0.15) is 19.4 Å². The van der Waals surface area contributed by atoms with E-state index in [-0.39, 0.29) is 40.9 Å². The minimum atomic E-state index is -3.83. The molecule has 0 atom stereocenters. The zero-order valence-corrected chi connectivity index (χ0v) is 20.3. The van der Waals surface area contributed by atoms with Crippen LogP contribution in [0.15, 0.2) is 82.9 Å². The van der Waals surface area contributed by atoms with Gasteiger partial charge in [-0.15, -0.1) is 0 Å². The van der Waals surface area contributed by atoms with E-state index >= 15 is 0 Å². The Kier molecular flexibility index (Phi) is 6.72. The first-order chi connectivity index (χ1) is 16.2. The number of hydrogen-bond donors (Lipinski definition) is 0. The van der Waals surface area contributed by atoms with Gasteiger partial charge < -0.3 is 0 Å². The number of hydrogen-bond acceptors (Lipinski definition) is 4. The number of anilines is 2. The highest BCUT2D eigenvalue weighted by Gasteiger charge is 2.31. The Morgan fingerprint density at radius 3 is 2.44 bits per heavy atom. The monoisotopic (exact) mass is 499 g/mol. The van der Waals surface area contributed by atoms with Gasteiger partial charge in [0.1, 0.15) is 16.5 Å². The minimum Gasteiger partial charge on any atom is -0.289 e. The molecule has 9 heteroatoms. The number of carbonyl (C=O) groups is 1. The van der Waals surface area contributed by atoms with Crippen molar-refractivity contribution in [1.82, 2.24) is 4.98 Å². The van der Waals surface area contributed by atoms with Crippen LogP contribution in [-0.2, 0) is 21.2 Å². The second-order valence-electron chi connectivity index (χ2n) is 7.88. The van der Waals surface area contributed by atoms with Crippen molar-refractivity contribution < 1.29 is 17.6 Å². The molecule has 3 aromatic rings. The first kappa shape index (κ1) is 23.9. The predicted octanol–water partition coefficient (Wildman–Crippen LogP) is 5.00. The highest BCUT2D eigenvalue weighted by molar-refractivity contribution is 7.92. The zero-order valence-electron chi connectivity index (χ0n) is 18.7. The summed E-state index contributed by atoms with van der Waals surface area (Å²) in [6.45, 7) is 4.10. The summed E-state index contributed by atoms with van der Waals surface area (Å²) in [6.07, 6.45) is 1.33. The van der Waals surface area contributed by atoms with Gasteiger partial charge >= 0.3 is 0 Å². The average molecular weight is 500 g/mol. The molecule has 1 aliphatic heterocycles. The number of carbonyl (C=O) groups excluding carboxylic acids is 1. The molecule has 0 fully saturated rings. The summed E-state index contributed by atoms with van der Waals surface area (Å²) in [6, 6.07) is 16.2. The van der Waals surface area contributed by atoms with Gasteiger partial charge in [-0.25, -0.2) is 17.8 Å². The van der Waals surface area contributed by atoms with Gasteiger partial charge in [-0.1, -0.05) is 35.9 Å². The summed E-state index contributed by atoms with van der Waals surface area (Å²) in [7, 11) is -3.83. The summed E-state index contributed by atoms with van der Waals surface area (Å²) in [4.78, 5) is 18.8. The third-order valence-corrected chi connectivity index (χ3v) is 7.99. The van der Waals surface area contributed by atoms with Crippen molar-refractivity contribution in [1.29, 1.82) is 0 Å². The number of rotatable bonds is 7. The molecule has 0 unspecified atom stereocenters. The third-order valence-electron chi connectivity index (χ3n) is 5.75. The highest BCUT2D eigenvalue weighted by atomic mass is 35.5. The van der Waals surface area contributed by atoms with Gasteiger partial charge in [-0.05, 0) is 55.8 Å². The molecule has 1 aliphatic rings. The molecule has 2 heterocycles. The Balaban J connectivity index is 1.56. The zero-order chi connectivity index (χ0) is 24.5. The molecule has 0 spiro atoms. The van der Waals surface area contributed by atoms with Crippen molar-refractivity contribution in [3.63, 3.8) is 0 Å². The molecule has 1 amide bonds. The molecule has 1 aromatic heterocycles. The SMILES string of the molecule is CCN(c1ccccc1)S(=O)(=O)c1ccc(N2CC(C)=C(Cc3c(F)cccc3Cl)C2=O)nc1. The van der Waals surface area contributed by atoms with Crippen LogP contribution in [-0.4, -0.2) is 32.4 Å². The normalized spacial score (nSPS) is 14.1. The van der Waals surface area contributed by atoms with E-state index in [0.717, 1.165) is 5.57 Å². The van der Waals surface area contributed by atoms with Crippen LogP contribution in [0.2, 0.25) is 5.02 Å². The molecular weight excluding hydrogens is 477 g/mol. The Bertz CT molecular complexity index is 1340. The molecule has 4 rings (SSSR count). The van der Waals surface area contributed by atoms with Gasteiger partial charge in [0.15, 0.2) is 0 Å². The lowest BCUT2D eigenvalue weighted by Gasteiger charge is -2.23. The van der Waals surface area contributed by atoms with Gasteiger partial charge in [-0.2, -0.15) is 0 Å². The largest absolute Gasteiger partial charge is 0.289 e. The van der Waals surface area contributed by atoms with Gasteiger partial charge in [0.25, 0.3) is 15.9 Å². The Hall–Kier alpha value is -3.23. The number of sulfonamides is 1. The minimum absolute atomic E-state index is 0.0247. The van der Waals surface area contributed by atoms with E-state index in [9.17, 15) is 17.6 Å². The van der Waals surface area contributed by atoms with Crippen molar-refractivity contribution in [2.75, 3.05) is 22.3 Å². The first-order valence-corrected chi connectivity index (χ1v) is 12.5. The molecule has 34 heavy (non-hydrogen) atoms. The van der Waals surface area contributed by atoms with Crippen LogP contribution in [0.25, 0.3) is 0 Å². The van der Waals surface area contributed by atoms with Gasteiger partial charge in [0, 0.05) is 41.9 Å². The summed E-state index contributed by atoms with van der Waals surface area (Å²) in [5.41, 5.74) is 2.06. The Morgan fingerprint density at radius 2 is 1.82 bits per heavy atom. The van der Waals surface area contributed by atoms with E-state index in [4.69, 9.17) is 11.6 Å². The maximum absolute atomic E-state index is 14.2. The first-order valence-electron chi connectivity index (χ1n) is 10.7. The van der Waals surface area contributed by atoms with E-state index in [1.807, 2.05) is 6.07 Å². The van der Waals surface area contributed by atoms with Crippen molar-refractivity contribution in [3.8, 4) is 0 Å². The number of aromatic nitrogens is 1. The van der Waals surface area contributed by atoms with E-state index < -0.39 is 15.8 Å². The van der Waals surface area contributed by atoms with Crippen LogP contribution in [0, 0.1) is 5.82 Å². The highest BCUT2D eigenvalue weighted by Crippen LogP contribution is 2.31. The maximum atomic E-state index is 14.2. The fraction of sp³-hybridized carbons (Fsp3) is 0.200. The molecule has 0 saturated carbocycles. The molecule has 6 nitrogen and oxygen atoms in total. The van der Waals surface area contributed by atoms with E-state index in [0.29, 0.717) is 17.1 Å². The number of amides is 1. The van der Waals surface area contributed by atoms with Gasteiger partial charge in [0.2, 0.25) is 0 Å². The van der Waals surface area contributed by atoms with Gasteiger partial charge in [-0.3, -0.25) is 14.0 Å². The lowest BCUT2D eigenvalue weighted by atomic mass is 10.0. The maximum Gasteiger partial charge on any atom is 0.265 e. The molecule has 0 aliphatic carbocycles. The summed E-state index contributed by atoms with van der Waals surface area (Å²) < 4.78 is 41.9. The summed E-state index contributed by atoms with van der Waals surface area (Å²) in [5, 5.41) is 0.262. The van der Waals surface area contributed by atoms with Gasteiger partial charge in [0.05, 0.1) is 5.69 Å². The van der Waals surface area contributed by atoms with Crippen LogP contribution >= 0.6 is 11.6 Å². The third kappa shape index (κ3) is 4.43. The topological polar surface area (TPSA) is 70.6 Å². The molecule has 0 N–H and O–H groups in total. The number of pyridine rings is 1. The van der Waals surface area contributed by atoms with Crippen LogP contribution in [0.3, 0.4) is 0 Å². The number of benzene rings is 2. The Labute approximate surface area is 203 Å². The van der Waals surface area contributed by atoms with Crippen LogP contribution < -0.4 is 9.21 Å². The lowest BCUT2D eigenvalue weighted by molar-refractivity contribution is -0.114. The molecular formula is C25H23ClFN3O3S. The van der Waals surface area contributed by atoms with Crippen molar-refractivity contribution in [3.05, 3.63) is 94.4 Å². The standard InChI is InChI=1S/C25H23ClFN3O3S/c1-3-30(18-8-5-4-6-9-18)34(32,33)19-12-13-24(28-15-19)29-16-17(2)20(25(29)31)14-21-22(26)10-7-11-23(21)27/h4-13,15H,3,14,16H2,1-2H3. The van der Waals surface area contributed by atoms with Crippen LogP contribution in [0.4, 0.5) is 15.9 Å². The fourth-order valence-electron chi connectivity index (χ4n) is 3.94. The van der Waals surface area contributed by atoms with Crippen LogP contribution in [0.5, 0.6) is 0 Å². The second-order valence-corrected chi connectivity index (χ2v) is 10.2. The fourth-order valence-corrected chi connectivity index (χ4v) is 5.59. The average Bonchev–Trinajstić information content (AvgIpc) is 3.10. The number of nitrogens with zero attached hydrogens (tertiary/aromatic N) is 3. The van der Waals surface area contributed by atoms with Crippen molar-refractivity contribution in [2.45, 2.75) is 25.2 Å². The van der Waals surface area contributed by atoms with E-state index in [2.05, 4.69) is 4.98 Å². The second kappa shape index (κ2) is 9.56. The summed E-state index contributed by atoms with van der Waals surface area (Å²) in [5.74, 6) is -0.453. The number of halogens is 2. The van der Waals surface area contributed by atoms with Crippen molar-refractivity contribution in [2.24, 2.45) is 0 Å². The van der Waals surface area contributed by atoms with E-state index in [1.165, 1.54) is 39.7 Å². The quantitative estimate of drug-likeness (QED) is 0.459. The molecule has 176 valence electrons. The number of para-hydroxylation sites is 1. The molecule has 0 saturated heterocycles. The predicted molar refractivity (Wildman–Crippen MR) is 131 cm³/mol.